The van der Waals surface area contributed by atoms with Crippen molar-refractivity contribution < 1.29 is 9.53 Å². The highest BCUT2D eigenvalue weighted by Gasteiger charge is 2.30. The fraction of sp³-hybridized carbons (Fsp3) is 0.129. The second kappa shape index (κ2) is 8.17. The van der Waals surface area contributed by atoms with Crippen molar-refractivity contribution in [2.75, 3.05) is 7.11 Å². The summed E-state index contributed by atoms with van der Waals surface area (Å²) >= 11 is 0. The van der Waals surface area contributed by atoms with Gasteiger partial charge in [-0.15, -0.1) is 0 Å². The third-order valence-corrected chi connectivity index (χ3v) is 7.13. The molecule has 2 heterocycles. The van der Waals surface area contributed by atoms with Gasteiger partial charge in [0.25, 0.3) is 0 Å². The fourth-order valence-electron chi connectivity index (χ4n) is 5.57. The van der Waals surface area contributed by atoms with Gasteiger partial charge < -0.3 is 13.9 Å². The number of carbonyl (C=O) groups is 1. The first kappa shape index (κ1) is 21.2. The lowest BCUT2D eigenvalue weighted by Gasteiger charge is -2.18. The zero-order chi connectivity index (χ0) is 24.1. The first-order valence-electron chi connectivity index (χ1n) is 11.8. The lowest BCUT2D eigenvalue weighted by molar-refractivity contribution is 0.0602. The Kier molecular flexibility index (Phi) is 4.96. The number of aromatic nitrogens is 2. The molecule has 0 radical (unpaired) electrons. The highest BCUT2D eigenvalue weighted by atomic mass is 16.5. The van der Waals surface area contributed by atoms with Crippen molar-refractivity contribution >= 4 is 27.8 Å². The molecule has 4 aromatic rings. The van der Waals surface area contributed by atoms with Crippen molar-refractivity contribution in [3.8, 4) is 11.1 Å². The predicted molar refractivity (Wildman–Crippen MR) is 141 cm³/mol. The van der Waals surface area contributed by atoms with E-state index in [0.717, 1.165) is 16.7 Å². The van der Waals surface area contributed by atoms with Gasteiger partial charge in [-0.2, -0.15) is 0 Å². The number of fused-ring (bicyclic) bond motifs is 3. The van der Waals surface area contributed by atoms with Crippen LogP contribution in [-0.2, 0) is 18.8 Å². The number of carbonyl (C=O) groups excluding carboxylic acids is 1. The summed E-state index contributed by atoms with van der Waals surface area (Å²) in [5.74, 6) is -0.391. The molecule has 0 unspecified atom stereocenters. The quantitative estimate of drug-likeness (QED) is 0.274. The van der Waals surface area contributed by atoms with Crippen LogP contribution < -0.4 is 0 Å². The number of aryl methyl sites for hydroxylation is 2. The van der Waals surface area contributed by atoms with E-state index in [1.54, 1.807) is 0 Å². The van der Waals surface area contributed by atoms with Crippen molar-refractivity contribution in [3.05, 3.63) is 120 Å². The monoisotopic (exact) mass is 458 g/mol. The van der Waals surface area contributed by atoms with Gasteiger partial charge in [0.05, 0.1) is 12.7 Å². The summed E-state index contributed by atoms with van der Waals surface area (Å²) in [7, 11) is 5.63. The summed E-state index contributed by atoms with van der Waals surface area (Å²) in [5.41, 5.74) is 8.46. The summed E-state index contributed by atoms with van der Waals surface area (Å²) in [6.45, 7) is 0. The third-order valence-electron chi connectivity index (χ3n) is 7.13. The Labute approximate surface area is 204 Å². The van der Waals surface area contributed by atoms with Crippen LogP contribution in [0.15, 0.2) is 97.3 Å². The molecule has 0 N–H and O–H groups in total. The highest BCUT2D eigenvalue weighted by Crippen LogP contribution is 2.46. The maximum atomic E-state index is 12.8. The molecule has 2 aliphatic carbocycles. The Morgan fingerprint density at radius 2 is 1.20 bits per heavy atom. The number of rotatable bonds is 4. The van der Waals surface area contributed by atoms with Crippen LogP contribution >= 0.6 is 0 Å². The topological polar surface area (TPSA) is 36.2 Å². The SMILES string of the molecule is COC(=O)c1cc(C(c2cn(C)c3ccccc23)c2cn(C)c3ccccc23)c2cccccc1-2. The number of hydrogen-bond acceptors (Lipinski definition) is 2. The lowest BCUT2D eigenvalue weighted by Crippen LogP contribution is -2.03. The van der Waals surface area contributed by atoms with Crippen LogP contribution in [0.5, 0.6) is 0 Å². The van der Waals surface area contributed by atoms with Crippen LogP contribution in [0.2, 0.25) is 0 Å². The number of para-hydroxylation sites is 2. The van der Waals surface area contributed by atoms with E-state index in [1.165, 1.54) is 40.0 Å². The normalized spacial score (nSPS) is 11.7. The Bertz CT molecular complexity index is 1610. The maximum Gasteiger partial charge on any atom is 0.338 e. The van der Waals surface area contributed by atoms with E-state index in [-0.39, 0.29) is 11.9 Å². The molecule has 35 heavy (non-hydrogen) atoms. The van der Waals surface area contributed by atoms with Crippen LogP contribution in [0.25, 0.3) is 32.9 Å². The summed E-state index contributed by atoms with van der Waals surface area (Å²) in [5, 5.41) is 2.42. The van der Waals surface area contributed by atoms with Gasteiger partial charge in [-0.1, -0.05) is 66.7 Å². The van der Waals surface area contributed by atoms with Gasteiger partial charge in [-0.25, -0.2) is 4.79 Å². The average Bonchev–Trinajstić information content (AvgIpc) is 3.44. The van der Waals surface area contributed by atoms with Gasteiger partial charge in [-0.05, 0) is 46.0 Å². The summed E-state index contributed by atoms with van der Waals surface area (Å²) in [6, 6.07) is 29.2. The van der Waals surface area contributed by atoms with E-state index in [9.17, 15) is 4.79 Å². The van der Waals surface area contributed by atoms with Gasteiger partial charge in [0, 0.05) is 54.2 Å². The number of esters is 1. The highest BCUT2D eigenvalue weighted by molar-refractivity contribution is 6.01. The Hall–Kier alpha value is -4.31. The smallest absolute Gasteiger partial charge is 0.338 e. The van der Waals surface area contributed by atoms with Gasteiger partial charge in [-0.3, -0.25) is 0 Å². The molecule has 2 aliphatic rings. The summed E-state index contributed by atoms with van der Waals surface area (Å²) in [4.78, 5) is 12.8. The fourth-order valence-corrected chi connectivity index (χ4v) is 5.57. The molecular formula is C31H26N2O2. The molecule has 2 aromatic heterocycles. The van der Waals surface area contributed by atoms with Crippen molar-refractivity contribution in [3.63, 3.8) is 0 Å². The zero-order valence-corrected chi connectivity index (χ0v) is 20.0. The summed E-state index contributed by atoms with van der Waals surface area (Å²) < 4.78 is 9.56. The van der Waals surface area contributed by atoms with E-state index in [1.807, 2.05) is 30.3 Å². The van der Waals surface area contributed by atoms with Crippen molar-refractivity contribution in [2.45, 2.75) is 5.92 Å². The molecule has 0 saturated carbocycles. The van der Waals surface area contributed by atoms with Crippen LogP contribution in [-0.4, -0.2) is 22.2 Å². The van der Waals surface area contributed by atoms with Gasteiger partial charge in [0.15, 0.2) is 0 Å². The van der Waals surface area contributed by atoms with E-state index < -0.39 is 0 Å². The third kappa shape index (κ3) is 3.25. The average molecular weight is 459 g/mol. The molecule has 0 spiro atoms. The maximum absolute atomic E-state index is 12.8. The molecule has 0 atom stereocenters. The van der Waals surface area contributed by atoms with Crippen LogP contribution in [0.3, 0.4) is 0 Å². The molecule has 0 amide bonds. The van der Waals surface area contributed by atoms with Crippen LogP contribution in [0, 0.1) is 0 Å². The molecular weight excluding hydrogens is 432 g/mol. The molecule has 0 aliphatic heterocycles. The largest absolute Gasteiger partial charge is 0.465 e. The van der Waals surface area contributed by atoms with Gasteiger partial charge >= 0.3 is 5.97 Å². The molecule has 0 bridgehead atoms. The zero-order valence-electron chi connectivity index (χ0n) is 20.0. The number of ether oxygens (including phenoxy) is 1. The Morgan fingerprint density at radius 1 is 0.686 bits per heavy atom. The lowest BCUT2D eigenvalue weighted by atomic mass is 9.84. The number of benzene rings is 2. The van der Waals surface area contributed by atoms with E-state index in [4.69, 9.17) is 4.74 Å². The van der Waals surface area contributed by atoms with Crippen molar-refractivity contribution in [1.82, 2.24) is 9.13 Å². The molecule has 4 nitrogen and oxygen atoms in total. The molecule has 4 heteroatoms. The van der Waals surface area contributed by atoms with Crippen molar-refractivity contribution in [2.24, 2.45) is 14.1 Å². The molecule has 6 rings (SSSR count). The second-order valence-electron chi connectivity index (χ2n) is 9.10. The van der Waals surface area contributed by atoms with E-state index in [0.29, 0.717) is 5.56 Å². The molecule has 0 fully saturated rings. The van der Waals surface area contributed by atoms with Crippen LogP contribution in [0.1, 0.15) is 33.0 Å². The minimum Gasteiger partial charge on any atom is -0.465 e. The minimum atomic E-state index is -0.318. The number of methoxy groups -OCH3 is 1. The molecule has 2 aromatic carbocycles. The Balaban J connectivity index is 1.73. The van der Waals surface area contributed by atoms with E-state index >= 15 is 0 Å². The van der Waals surface area contributed by atoms with Gasteiger partial charge in [0.1, 0.15) is 0 Å². The predicted octanol–water partition coefficient (Wildman–Crippen LogP) is 6.74. The standard InChI is InChI=1S/C31H26N2O2/c1-32-18-26(22-13-7-9-15-28(22)32)30(27-19-33(2)29-16-10-8-14-23(27)29)24-17-25(31(34)35-3)21-12-6-4-5-11-20(21)24/h4-19,30H,1-3H3. The second-order valence-corrected chi connectivity index (χ2v) is 9.10. The van der Waals surface area contributed by atoms with Crippen molar-refractivity contribution in [1.29, 1.82) is 0 Å². The summed E-state index contributed by atoms with van der Waals surface area (Å²) in [6.07, 6.45) is 4.47. The number of nitrogens with zero attached hydrogens (tertiary/aromatic N) is 2. The molecule has 0 saturated heterocycles. The Morgan fingerprint density at radius 3 is 1.77 bits per heavy atom. The minimum absolute atomic E-state index is 0.0736. The van der Waals surface area contributed by atoms with Crippen LogP contribution in [0.4, 0.5) is 0 Å². The van der Waals surface area contributed by atoms with Gasteiger partial charge in [0.2, 0.25) is 0 Å². The molecule has 172 valence electrons. The first-order valence-corrected chi connectivity index (χ1v) is 11.8. The van der Waals surface area contributed by atoms with E-state index in [2.05, 4.69) is 90.2 Å². The first-order chi connectivity index (χ1) is 17.1. The number of hydrogen-bond donors (Lipinski definition) is 0.